The Balaban J connectivity index is 1.62. The summed E-state index contributed by atoms with van der Waals surface area (Å²) in [5.74, 6) is 0.339. The highest BCUT2D eigenvalue weighted by Gasteiger charge is 2.20. The molecule has 1 N–H and O–H groups in total. The van der Waals surface area contributed by atoms with E-state index in [-0.39, 0.29) is 11.8 Å². The second-order valence-electron chi connectivity index (χ2n) is 5.29. The van der Waals surface area contributed by atoms with Crippen LogP contribution in [-0.4, -0.2) is 39.3 Å². The molecule has 0 aromatic heterocycles. The highest BCUT2D eigenvalue weighted by atomic mass is 16.5. The Hall–Kier alpha value is -1.55. The molecule has 20 heavy (non-hydrogen) atoms. The van der Waals surface area contributed by atoms with Crippen molar-refractivity contribution in [3.8, 4) is 0 Å². The summed E-state index contributed by atoms with van der Waals surface area (Å²) in [4.78, 5) is 14.1. The van der Waals surface area contributed by atoms with Gasteiger partial charge in [-0.3, -0.25) is 4.79 Å². The predicted molar refractivity (Wildman–Crippen MR) is 80.9 cm³/mol. The average molecular weight is 276 g/mol. The van der Waals surface area contributed by atoms with Gasteiger partial charge in [-0.15, -0.1) is 0 Å². The van der Waals surface area contributed by atoms with Crippen LogP contribution < -0.4 is 10.2 Å². The van der Waals surface area contributed by atoms with Gasteiger partial charge >= 0.3 is 0 Å². The number of para-hydroxylation sites is 1. The predicted octanol–water partition coefficient (Wildman–Crippen LogP) is 2.06. The zero-order chi connectivity index (χ0) is 14.2. The largest absolute Gasteiger partial charge is 0.381 e. The maximum absolute atomic E-state index is 11.9. The lowest BCUT2D eigenvalue weighted by atomic mass is 9.99. The van der Waals surface area contributed by atoms with Gasteiger partial charge in [-0.25, -0.2) is 0 Å². The van der Waals surface area contributed by atoms with Crippen LogP contribution in [0.25, 0.3) is 0 Å². The molecule has 0 bridgehead atoms. The van der Waals surface area contributed by atoms with E-state index in [4.69, 9.17) is 4.74 Å². The van der Waals surface area contributed by atoms with Crippen molar-refractivity contribution in [1.82, 2.24) is 5.32 Å². The van der Waals surface area contributed by atoms with Gasteiger partial charge in [0.1, 0.15) is 0 Å². The van der Waals surface area contributed by atoms with E-state index in [0.717, 1.165) is 45.6 Å². The molecule has 0 aliphatic carbocycles. The van der Waals surface area contributed by atoms with Crippen molar-refractivity contribution in [1.29, 1.82) is 0 Å². The maximum Gasteiger partial charge on any atom is 0.223 e. The molecular weight excluding hydrogens is 252 g/mol. The van der Waals surface area contributed by atoms with Gasteiger partial charge in [0.15, 0.2) is 0 Å². The van der Waals surface area contributed by atoms with Gasteiger partial charge in [0.05, 0.1) is 0 Å². The Morgan fingerprint density at radius 1 is 1.30 bits per heavy atom. The number of nitrogens with zero attached hydrogens (tertiary/aromatic N) is 1. The molecular formula is C16H24N2O2. The van der Waals surface area contributed by atoms with Crippen LogP contribution in [0.15, 0.2) is 30.3 Å². The number of rotatable bonds is 6. The van der Waals surface area contributed by atoms with Crippen LogP contribution in [0.3, 0.4) is 0 Å². The molecule has 1 aromatic carbocycles. The minimum absolute atomic E-state index is 0.149. The summed E-state index contributed by atoms with van der Waals surface area (Å²) >= 11 is 0. The quantitative estimate of drug-likeness (QED) is 0.809. The summed E-state index contributed by atoms with van der Waals surface area (Å²) in [7, 11) is 2.08. The fourth-order valence-electron chi connectivity index (χ4n) is 2.44. The van der Waals surface area contributed by atoms with Crippen molar-refractivity contribution in [2.45, 2.75) is 19.3 Å². The lowest BCUT2D eigenvalue weighted by molar-refractivity contribution is -0.127. The second kappa shape index (κ2) is 7.90. The topological polar surface area (TPSA) is 41.6 Å². The number of amides is 1. The molecule has 1 aliphatic rings. The summed E-state index contributed by atoms with van der Waals surface area (Å²) in [6, 6.07) is 10.3. The molecule has 110 valence electrons. The molecule has 0 unspecified atom stereocenters. The minimum Gasteiger partial charge on any atom is -0.381 e. The summed E-state index contributed by atoms with van der Waals surface area (Å²) in [6.45, 7) is 3.12. The number of anilines is 1. The summed E-state index contributed by atoms with van der Waals surface area (Å²) in [6.07, 6.45) is 2.67. The molecule has 0 atom stereocenters. The van der Waals surface area contributed by atoms with E-state index < -0.39 is 0 Å². The summed E-state index contributed by atoms with van der Waals surface area (Å²) in [5, 5.41) is 3.04. The zero-order valence-electron chi connectivity index (χ0n) is 12.2. The molecule has 0 radical (unpaired) electrons. The number of ether oxygens (including phenoxy) is 1. The van der Waals surface area contributed by atoms with Gasteiger partial charge in [-0.1, -0.05) is 18.2 Å². The van der Waals surface area contributed by atoms with E-state index in [2.05, 4.69) is 29.4 Å². The molecule has 2 rings (SSSR count). The Morgan fingerprint density at radius 3 is 2.70 bits per heavy atom. The lowest BCUT2D eigenvalue weighted by Gasteiger charge is -2.22. The van der Waals surface area contributed by atoms with Gasteiger partial charge in [0.25, 0.3) is 0 Å². The van der Waals surface area contributed by atoms with Gasteiger partial charge in [0.2, 0.25) is 5.91 Å². The van der Waals surface area contributed by atoms with E-state index in [1.807, 2.05) is 18.2 Å². The summed E-state index contributed by atoms with van der Waals surface area (Å²) < 4.78 is 5.27. The third-order valence-electron chi connectivity index (χ3n) is 3.76. The molecule has 4 nitrogen and oxygen atoms in total. The maximum atomic E-state index is 11.9. The first kappa shape index (κ1) is 14.9. The average Bonchev–Trinajstić information content (AvgIpc) is 2.53. The van der Waals surface area contributed by atoms with Crippen molar-refractivity contribution in [2.75, 3.05) is 38.3 Å². The molecule has 1 saturated heterocycles. The number of benzene rings is 1. The minimum atomic E-state index is 0.149. The monoisotopic (exact) mass is 276 g/mol. The van der Waals surface area contributed by atoms with E-state index in [1.165, 1.54) is 5.69 Å². The Bertz CT molecular complexity index is 402. The molecule has 4 heteroatoms. The van der Waals surface area contributed by atoms with Crippen molar-refractivity contribution in [3.05, 3.63) is 30.3 Å². The molecule has 1 amide bonds. The first-order chi connectivity index (χ1) is 9.77. The Morgan fingerprint density at radius 2 is 2.00 bits per heavy atom. The third kappa shape index (κ3) is 4.53. The smallest absolute Gasteiger partial charge is 0.223 e. The normalized spacial score (nSPS) is 15.8. The van der Waals surface area contributed by atoms with E-state index in [9.17, 15) is 4.79 Å². The number of carbonyl (C=O) groups is 1. The van der Waals surface area contributed by atoms with E-state index in [0.29, 0.717) is 0 Å². The van der Waals surface area contributed by atoms with Crippen LogP contribution in [0, 0.1) is 5.92 Å². The van der Waals surface area contributed by atoms with Gasteiger partial charge < -0.3 is 15.0 Å². The van der Waals surface area contributed by atoms with Crippen LogP contribution in [0.2, 0.25) is 0 Å². The first-order valence-electron chi connectivity index (χ1n) is 7.39. The van der Waals surface area contributed by atoms with Crippen molar-refractivity contribution < 1.29 is 9.53 Å². The number of hydrogen-bond donors (Lipinski definition) is 1. The van der Waals surface area contributed by atoms with Crippen LogP contribution in [0.1, 0.15) is 19.3 Å². The number of carbonyl (C=O) groups excluding carboxylic acids is 1. The van der Waals surface area contributed by atoms with Crippen LogP contribution in [-0.2, 0) is 9.53 Å². The van der Waals surface area contributed by atoms with E-state index in [1.54, 1.807) is 0 Å². The van der Waals surface area contributed by atoms with E-state index >= 15 is 0 Å². The number of nitrogens with one attached hydrogen (secondary N) is 1. The Kier molecular flexibility index (Phi) is 5.87. The lowest BCUT2D eigenvalue weighted by Crippen LogP contribution is -2.35. The summed E-state index contributed by atoms with van der Waals surface area (Å²) in [5.41, 5.74) is 1.21. The SMILES string of the molecule is CN(CCCNC(=O)C1CCOCC1)c1ccccc1. The van der Waals surface area contributed by atoms with Gasteiger partial charge in [0, 0.05) is 45.0 Å². The van der Waals surface area contributed by atoms with Crippen molar-refractivity contribution >= 4 is 11.6 Å². The standard InChI is InChI=1S/C16H24N2O2/c1-18(15-6-3-2-4-7-15)11-5-10-17-16(19)14-8-12-20-13-9-14/h2-4,6-7,14H,5,8-13H2,1H3,(H,17,19). The molecule has 0 saturated carbocycles. The molecule has 1 aromatic rings. The molecule has 1 heterocycles. The zero-order valence-corrected chi connectivity index (χ0v) is 12.2. The highest BCUT2D eigenvalue weighted by Crippen LogP contribution is 2.14. The molecule has 0 spiro atoms. The number of hydrogen-bond acceptors (Lipinski definition) is 3. The van der Waals surface area contributed by atoms with Crippen LogP contribution in [0.5, 0.6) is 0 Å². The second-order valence-corrected chi connectivity index (χ2v) is 5.29. The van der Waals surface area contributed by atoms with Gasteiger partial charge in [-0.2, -0.15) is 0 Å². The van der Waals surface area contributed by atoms with Crippen molar-refractivity contribution in [2.24, 2.45) is 5.92 Å². The van der Waals surface area contributed by atoms with Gasteiger partial charge in [-0.05, 0) is 31.4 Å². The Labute approximate surface area is 121 Å². The fraction of sp³-hybridized carbons (Fsp3) is 0.562. The van der Waals surface area contributed by atoms with Crippen LogP contribution >= 0.6 is 0 Å². The molecule has 1 fully saturated rings. The highest BCUT2D eigenvalue weighted by molar-refractivity contribution is 5.78. The van der Waals surface area contributed by atoms with Crippen molar-refractivity contribution in [3.63, 3.8) is 0 Å². The fourth-order valence-corrected chi connectivity index (χ4v) is 2.44. The first-order valence-corrected chi connectivity index (χ1v) is 7.39. The molecule has 1 aliphatic heterocycles. The third-order valence-corrected chi connectivity index (χ3v) is 3.76. The van der Waals surface area contributed by atoms with Crippen LogP contribution in [0.4, 0.5) is 5.69 Å².